The standard InChI is InChI=1S/C28H30N4O3S/c1-35-20-12-14-31(15-13-20)25-8-4-6-22(30-25)28(34)32-16-11-18-17-24(27(33)29-19-9-10-19)36-26(18)21-5-2-3-7-23(21)32/h2-8,17,19-20H,9-16H2,1H3,(H,29,33). The van der Waals surface area contributed by atoms with Crippen LogP contribution in [0.15, 0.2) is 48.5 Å². The van der Waals surface area contributed by atoms with E-state index >= 15 is 0 Å². The summed E-state index contributed by atoms with van der Waals surface area (Å²) in [6.45, 7) is 2.27. The van der Waals surface area contributed by atoms with Crippen LogP contribution in [0.5, 0.6) is 0 Å². The summed E-state index contributed by atoms with van der Waals surface area (Å²) >= 11 is 1.52. The lowest BCUT2D eigenvalue weighted by Crippen LogP contribution is -2.38. The fraction of sp³-hybridized carbons (Fsp3) is 0.393. The molecule has 36 heavy (non-hydrogen) atoms. The summed E-state index contributed by atoms with van der Waals surface area (Å²) in [5.74, 6) is 0.749. The highest BCUT2D eigenvalue weighted by molar-refractivity contribution is 7.17. The molecule has 1 saturated heterocycles. The van der Waals surface area contributed by atoms with E-state index in [1.807, 2.05) is 47.4 Å². The van der Waals surface area contributed by atoms with Crippen LogP contribution in [0.1, 0.15) is 51.4 Å². The lowest BCUT2D eigenvalue weighted by atomic mass is 10.1. The number of hydrogen-bond acceptors (Lipinski definition) is 6. The lowest BCUT2D eigenvalue weighted by Gasteiger charge is -2.32. The molecule has 2 amide bonds. The van der Waals surface area contributed by atoms with E-state index in [0.29, 0.717) is 30.8 Å². The maximum atomic E-state index is 13.8. The Bertz CT molecular complexity index is 1290. The largest absolute Gasteiger partial charge is 0.381 e. The van der Waals surface area contributed by atoms with Crippen molar-refractivity contribution in [2.24, 2.45) is 0 Å². The van der Waals surface area contributed by atoms with Crippen molar-refractivity contribution in [3.63, 3.8) is 0 Å². The Morgan fingerprint density at radius 1 is 1.03 bits per heavy atom. The Morgan fingerprint density at radius 3 is 2.61 bits per heavy atom. The summed E-state index contributed by atoms with van der Waals surface area (Å²) in [5, 5.41) is 3.09. The van der Waals surface area contributed by atoms with Gasteiger partial charge in [0.15, 0.2) is 0 Å². The SMILES string of the molecule is COC1CCN(c2cccc(C(=O)N3CCc4cc(C(=O)NC5CC5)sc4-c4ccccc43)n2)CC1. The topological polar surface area (TPSA) is 74.8 Å². The number of thiophene rings is 1. The van der Waals surface area contributed by atoms with E-state index in [1.54, 1.807) is 13.2 Å². The van der Waals surface area contributed by atoms with E-state index in [9.17, 15) is 9.59 Å². The van der Waals surface area contributed by atoms with Crippen molar-refractivity contribution in [1.82, 2.24) is 10.3 Å². The van der Waals surface area contributed by atoms with Gasteiger partial charge in [-0.1, -0.05) is 24.3 Å². The molecule has 186 valence electrons. The Labute approximate surface area is 215 Å². The number of ether oxygens (including phenoxy) is 1. The normalized spacial score (nSPS) is 17.8. The molecule has 6 rings (SSSR count). The van der Waals surface area contributed by atoms with E-state index in [0.717, 1.165) is 71.2 Å². The fourth-order valence-corrected chi connectivity index (χ4v) is 6.23. The number of hydrogen-bond donors (Lipinski definition) is 1. The van der Waals surface area contributed by atoms with Crippen LogP contribution in [0.3, 0.4) is 0 Å². The van der Waals surface area contributed by atoms with Crippen LogP contribution in [-0.4, -0.2) is 55.7 Å². The minimum atomic E-state index is -0.0991. The number of rotatable bonds is 5. The zero-order valence-corrected chi connectivity index (χ0v) is 21.2. The van der Waals surface area contributed by atoms with Crippen molar-refractivity contribution in [3.05, 3.63) is 64.7 Å². The van der Waals surface area contributed by atoms with Crippen molar-refractivity contribution in [3.8, 4) is 10.4 Å². The third kappa shape index (κ3) is 4.51. The molecule has 1 saturated carbocycles. The molecule has 0 atom stereocenters. The van der Waals surface area contributed by atoms with Gasteiger partial charge in [0.25, 0.3) is 11.8 Å². The van der Waals surface area contributed by atoms with Gasteiger partial charge in [-0.15, -0.1) is 11.3 Å². The quantitative estimate of drug-likeness (QED) is 0.555. The highest BCUT2D eigenvalue weighted by Crippen LogP contribution is 2.42. The van der Waals surface area contributed by atoms with Crippen LogP contribution in [0.25, 0.3) is 10.4 Å². The molecule has 0 radical (unpaired) electrons. The van der Waals surface area contributed by atoms with Gasteiger partial charge in [-0.25, -0.2) is 4.98 Å². The molecule has 2 fully saturated rings. The van der Waals surface area contributed by atoms with Gasteiger partial charge in [0, 0.05) is 43.2 Å². The van der Waals surface area contributed by atoms with Crippen LogP contribution in [0, 0.1) is 0 Å². The Kier molecular flexibility index (Phi) is 6.23. The van der Waals surface area contributed by atoms with Crippen molar-refractivity contribution in [2.75, 3.05) is 36.5 Å². The highest BCUT2D eigenvalue weighted by atomic mass is 32.1. The zero-order valence-electron chi connectivity index (χ0n) is 20.4. The summed E-state index contributed by atoms with van der Waals surface area (Å²) in [6, 6.07) is 16.0. The van der Waals surface area contributed by atoms with Crippen molar-refractivity contribution in [2.45, 2.75) is 44.2 Å². The smallest absolute Gasteiger partial charge is 0.276 e. The molecular formula is C28H30N4O3S. The minimum Gasteiger partial charge on any atom is -0.381 e. The molecule has 8 heteroatoms. The molecule has 1 aliphatic carbocycles. The first-order chi connectivity index (χ1) is 17.6. The summed E-state index contributed by atoms with van der Waals surface area (Å²) in [5.41, 5.74) is 3.43. The predicted molar refractivity (Wildman–Crippen MR) is 142 cm³/mol. The highest BCUT2D eigenvalue weighted by Gasteiger charge is 2.30. The summed E-state index contributed by atoms with van der Waals surface area (Å²) < 4.78 is 5.49. The van der Waals surface area contributed by atoms with Gasteiger partial charge < -0.3 is 19.9 Å². The van der Waals surface area contributed by atoms with Crippen LogP contribution >= 0.6 is 11.3 Å². The second-order valence-electron chi connectivity index (χ2n) is 9.74. The number of fused-ring (bicyclic) bond motifs is 3. The number of piperidine rings is 1. The van der Waals surface area contributed by atoms with E-state index in [-0.39, 0.29) is 11.8 Å². The number of carbonyl (C=O) groups is 2. The number of aromatic nitrogens is 1. The molecule has 0 unspecified atom stereocenters. The third-order valence-corrected chi connectivity index (χ3v) is 8.50. The molecule has 1 aromatic carbocycles. The molecule has 4 heterocycles. The zero-order chi connectivity index (χ0) is 24.6. The molecule has 3 aliphatic rings. The van der Waals surface area contributed by atoms with E-state index in [4.69, 9.17) is 9.72 Å². The maximum absolute atomic E-state index is 13.8. The minimum absolute atomic E-state index is 0.0107. The molecule has 0 bridgehead atoms. The molecular weight excluding hydrogens is 472 g/mol. The van der Waals surface area contributed by atoms with E-state index in [2.05, 4.69) is 10.2 Å². The third-order valence-electron chi connectivity index (χ3n) is 7.29. The van der Waals surface area contributed by atoms with Gasteiger partial charge in [0.1, 0.15) is 11.5 Å². The number of amides is 2. The molecule has 1 N–H and O–H groups in total. The molecule has 2 aromatic heterocycles. The van der Waals surface area contributed by atoms with E-state index in [1.165, 1.54) is 11.3 Å². The average Bonchev–Trinajstić information content (AvgIpc) is 3.67. The van der Waals surface area contributed by atoms with Crippen molar-refractivity contribution >= 4 is 34.7 Å². The first kappa shape index (κ1) is 23.2. The number of pyridine rings is 1. The Balaban J connectivity index is 1.27. The second-order valence-corrected chi connectivity index (χ2v) is 10.8. The van der Waals surface area contributed by atoms with Crippen LogP contribution < -0.4 is 15.1 Å². The van der Waals surface area contributed by atoms with Gasteiger partial charge in [-0.2, -0.15) is 0 Å². The Hall–Kier alpha value is -3.23. The van der Waals surface area contributed by atoms with Crippen LogP contribution in [0.4, 0.5) is 11.5 Å². The number of nitrogens with one attached hydrogen (secondary N) is 1. The number of anilines is 2. The van der Waals surface area contributed by atoms with Crippen LogP contribution in [0.2, 0.25) is 0 Å². The molecule has 2 aliphatic heterocycles. The van der Waals surface area contributed by atoms with Gasteiger partial charge in [0.05, 0.1) is 16.7 Å². The van der Waals surface area contributed by atoms with Crippen LogP contribution in [-0.2, 0) is 11.2 Å². The monoisotopic (exact) mass is 502 g/mol. The van der Waals surface area contributed by atoms with Crippen molar-refractivity contribution < 1.29 is 14.3 Å². The fourth-order valence-electron chi connectivity index (χ4n) is 5.08. The molecule has 7 nitrogen and oxygen atoms in total. The average molecular weight is 503 g/mol. The van der Waals surface area contributed by atoms with Gasteiger partial charge in [-0.3, -0.25) is 9.59 Å². The number of benzene rings is 1. The summed E-state index contributed by atoms with van der Waals surface area (Å²) in [7, 11) is 1.76. The van der Waals surface area contributed by atoms with Gasteiger partial charge >= 0.3 is 0 Å². The second kappa shape index (κ2) is 9.67. The summed E-state index contributed by atoms with van der Waals surface area (Å²) in [4.78, 5) is 37.1. The van der Waals surface area contributed by atoms with Gasteiger partial charge in [0.2, 0.25) is 0 Å². The number of carbonyl (C=O) groups excluding carboxylic acids is 2. The Morgan fingerprint density at radius 2 is 1.83 bits per heavy atom. The number of methoxy groups -OCH3 is 1. The van der Waals surface area contributed by atoms with Gasteiger partial charge in [-0.05, 0) is 61.9 Å². The van der Waals surface area contributed by atoms with E-state index < -0.39 is 0 Å². The lowest BCUT2D eigenvalue weighted by molar-refractivity contribution is 0.0817. The molecule has 0 spiro atoms. The molecule has 3 aromatic rings. The predicted octanol–water partition coefficient (Wildman–Crippen LogP) is 4.52. The first-order valence-electron chi connectivity index (χ1n) is 12.7. The number of para-hydroxylation sites is 1. The van der Waals surface area contributed by atoms with Crippen molar-refractivity contribution in [1.29, 1.82) is 0 Å². The number of nitrogens with zero attached hydrogens (tertiary/aromatic N) is 3. The first-order valence-corrected chi connectivity index (χ1v) is 13.5. The summed E-state index contributed by atoms with van der Waals surface area (Å²) in [6.07, 6.45) is 5.03. The maximum Gasteiger partial charge on any atom is 0.276 e.